The van der Waals surface area contributed by atoms with Crippen LogP contribution in [0.2, 0.25) is 0 Å². The minimum atomic E-state index is -0.729. The molecule has 1 aromatic rings. The van der Waals surface area contributed by atoms with Crippen LogP contribution in [-0.2, 0) is 11.3 Å². The lowest BCUT2D eigenvalue weighted by molar-refractivity contribution is 0.157. The minimum absolute atomic E-state index is 0.306. The Morgan fingerprint density at radius 1 is 1.38 bits per heavy atom. The molecule has 0 unspecified atom stereocenters. The van der Waals surface area contributed by atoms with Gasteiger partial charge in [0.15, 0.2) is 0 Å². The number of hydrogen-bond acceptors (Lipinski definition) is 3. The Morgan fingerprint density at radius 2 is 2.12 bits per heavy atom. The van der Waals surface area contributed by atoms with E-state index in [0.717, 1.165) is 6.54 Å². The van der Waals surface area contributed by atoms with Crippen molar-refractivity contribution in [3.63, 3.8) is 0 Å². The number of carbonyl (C=O) groups excluding carboxylic acids is 1. The number of nitrogens with two attached hydrogens (primary N) is 1. The SMILES string of the molecule is Cc1ccc(CNCCOC(N)=O)cc1C. The van der Waals surface area contributed by atoms with Gasteiger partial charge in [0.2, 0.25) is 0 Å². The Morgan fingerprint density at radius 3 is 2.75 bits per heavy atom. The van der Waals surface area contributed by atoms with Crippen LogP contribution in [0, 0.1) is 13.8 Å². The molecule has 0 aliphatic rings. The lowest BCUT2D eigenvalue weighted by Crippen LogP contribution is -2.23. The molecule has 0 spiro atoms. The van der Waals surface area contributed by atoms with Crippen LogP contribution in [0.15, 0.2) is 18.2 Å². The molecule has 0 saturated carbocycles. The van der Waals surface area contributed by atoms with Crippen molar-refractivity contribution in [1.82, 2.24) is 5.32 Å². The van der Waals surface area contributed by atoms with Crippen molar-refractivity contribution >= 4 is 6.09 Å². The van der Waals surface area contributed by atoms with Crippen LogP contribution in [0.3, 0.4) is 0 Å². The highest BCUT2D eigenvalue weighted by Crippen LogP contribution is 2.09. The van der Waals surface area contributed by atoms with E-state index in [4.69, 9.17) is 5.73 Å². The molecule has 0 aliphatic carbocycles. The highest BCUT2D eigenvalue weighted by molar-refractivity contribution is 5.64. The van der Waals surface area contributed by atoms with Crippen LogP contribution in [-0.4, -0.2) is 19.2 Å². The zero-order valence-electron chi connectivity index (χ0n) is 9.75. The lowest BCUT2D eigenvalue weighted by Gasteiger charge is -2.07. The number of rotatable bonds is 5. The number of hydrogen-bond donors (Lipinski definition) is 2. The van der Waals surface area contributed by atoms with Gasteiger partial charge in [0.1, 0.15) is 6.61 Å². The molecule has 16 heavy (non-hydrogen) atoms. The first-order valence-corrected chi connectivity index (χ1v) is 5.28. The fourth-order valence-corrected chi connectivity index (χ4v) is 1.37. The number of amides is 1. The quantitative estimate of drug-likeness (QED) is 0.742. The van der Waals surface area contributed by atoms with Crippen molar-refractivity contribution in [1.29, 1.82) is 0 Å². The maximum absolute atomic E-state index is 10.3. The molecule has 0 fully saturated rings. The van der Waals surface area contributed by atoms with Gasteiger partial charge in [0.05, 0.1) is 0 Å². The van der Waals surface area contributed by atoms with E-state index in [1.165, 1.54) is 16.7 Å². The van der Waals surface area contributed by atoms with Gasteiger partial charge in [0, 0.05) is 13.1 Å². The van der Waals surface area contributed by atoms with E-state index < -0.39 is 6.09 Å². The summed E-state index contributed by atoms with van der Waals surface area (Å²) in [6, 6.07) is 6.34. The normalized spacial score (nSPS) is 10.1. The molecule has 0 saturated heterocycles. The molecule has 0 bridgehead atoms. The third-order valence-electron chi connectivity index (χ3n) is 2.42. The lowest BCUT2D eigenvalue weighted by atomic mass is 10.1. The van der Waals surface area contributed by atoms with E-state index in [1.54, 1.807) is 0 Å². The minimum Gasteiger partial charge on any atom is -0.448 e. The Kier molecular flexibility index (Phi) is 4.79. The average Bonchev–Trinajstić information content (AvgIpc) is 2.22. The van der Waals surface area contributed by atoms with Crippen LogP contribution in [0.4, 0.5) is 4.79 Å². The maximum atomic E-state index is 10.3. The number of aryl methyl sites for hydroxylation is 2. The van der Waals surface area contributed by atoms with Gasteiger partial charge < -0.3 is 15.8 Å². The largest absolute Gasteiger partial charge is 0.448 e. The summed E-state index contributed by atoms with van der Waals surface area (Å²) < 4.78 is 4.60. The summed E-state index contributed by atoms with van der Waals surface area (Å²) in [6.07, 6.45) is -0.729. The molecular weight excluding hydrogens is 204 g/mol. The summed E-state index contributed by atoms with van der Waals surface area (Å²) in [6.45, 7) is 5.86. The molecule has 1 aromatic carbocycles. The zero-order valence-corrected chi connectivity index (χ0v) is 9.75. The van der Waals surface area contributed by atoms with Gasteiger partial charge in [-0.25, -0.2) is 4.79 Å². The van der Waals surface area contributed by atoms with Crippen molar-refractivity contribution in [2.75, 3.05) is 13.2 Å². The van der Waals surface area contributed by atoms with E-state index in [9.17, 15) is 4.79 Å². The predicted molar refractivity (Wildman–Crippen MR) is 63.2 cm³/mol. The van der Waals surface area contributed by atoms with Crippen LogP contribution >= 0.6 is 0 Å². The van der Waals surface area contributed by atoms with Gasteiger partial charge in [-0.1, -0.05) is 18.2 Å². The van der Waals surface area contributed by atoms with Crippen LogP contribution < -0.4 is 11.1 Å². The van der Waals surface area contributed by atoms with Crippen molar-refractivity contribution in [2.45, 2.75) is 20.4 Å². The fourth-order valence-electron chi connectivity index (χ4n) is 1.37. The summed E-state index contributed by atoms with van der Waals surface area (Å²) in [5, 5.41) is 3.17. The highest BCUT2D eigenvalue weighted by atomic mass is 16.5. The second kappa shape index (κ2) is 6.12. The van der Waals surface area contributed by atoms with Crippen LogP contribution in [0.1, 0.15) is 16.7 Å². The Balaban J connectivity index is 2.27. The van der Waals surface area contributed by atoms with Gasteiger partial charge in [0.25, 0.3) is 0 Å². The second-order valence-corrected chi connectivity index (χ2v) is 3.76. The standard InChI is InChI=1S/C12H18N2O2/c1-9-3-4-11(7-10(9)2)8-14-5-6-16-12(13)15/h3-4,7,14H,5-6,8H2,1-2H3,(H2,13,15). The Bertz CT molecular complexity index is 364. The van der Waals surface area contributed by atoms with E-state index in [0.29, 0.717) is 13.2 Å². The van der Waals surface area contributed by atoms with Gasteiger partial charge in [-0.05, 0) is 30.5 Å². The number of benzene rings is 1. The Labute approximate surface area is 95.8 Å². The molecule has 88 valence electrons. The summed E-state index contributed by atoms with van der Waals surface area (Å²) in [4.78, 5) is 10.3. The van der Waals surface area contributed by atoms with Crippen molar-refractivity contribution in [3.05, 3.63) is 34.9 Å². The monoisotopic (exact) mass is 222 g/mol. The molecule has 1 amide bonds. The molecule has 0 aliphatic heterocycles. The predicted octanol–water partition coefficient (Wildman–Crippen LogP) is 1.49. The van der Waals surface area contributed by atoms with E-state index >= 15 is 0 Å². The van der Waals surface area contributed by atoms with E-state index in [-0.39, 0.29) is 0 Å². The van der Waals surface area contributed by atoms with Gasteiger partial charge >= 0.3 is 6.09 Å². The molecule has 0 heterocycles. The van der Waals surface area contributed by atoms with Gasteiger partial charge in [-0.2, -0.15) is 0 Å². The molecule has 4 heteroatoms. The van der Waals surface area contributed by atoms with Crippen LogP contribution in [0.25, 0.3) is 0 Å². The van der Waals surface area contributed by atoms with Gasteiger partial charge in [-0.3, -0.25) is 0 Å². The molecule has 1 rings (SSSR count). The van der Waals surface area contributed by atoms with Crippen molar-refractivity contribution < 1.29 is 9.53 Å². The molecule has 3 N–H and O–H groups in total. The molecule has 0 atom stereocenters. The summed E-state index contributed by atoms with van der Waals surface area (Å²) in [5.41, 5.74) is 8.63. The maximum Gasteiger partial charge on any atom is 0.404 e. The third kappa shape index (κ3) is 4.31. The van der Waals surface area contributed by atoms with Crippen molar-refractivity contribution in [3.8, 4) is 0 Å². The van der Waals surface area contributed by atoms with E-state index in [1.807, 2.05) is 0 Å². The summed E-state index contributed by atoms with van der Waals surface area (Å²) >= 11 is 0. The zero-order chi connectivity index (χ0) is 12.0. The number of ether oxygens (including phenoxy) is 1. The first-order valence-electron chi connectivity index (χ1n) is 5.28. The number of carbonyl (C=O) groups is 1. The number of primary amides is 1. The highest BCUT2D eigenvalue weighted by Gasteiger charge is 1.97. The van der Waals surface area contributed by atoms with Gasteiger partial charge in [-0.15, -0.1) is 0 Å². The summed E-state index contributed by atoms with van der Waals surface area (Å²) in [5.74, 6) is 0. The molecule has 0 radical (unpaired) electrons. The molecule has 0 aromatic heterocycles. The Hall–Kier alpha value is -1.55. The molecule has 4 nitrogen and oxygen atoms in total. The first kappa shape index (κ1) is 12.5. The number of nitrogens with one attached hydrogen (secondary N) is 1. The average molecular weight is 222 g/mol. The van der Waals surface area contributed by atoms with Crippen molar-refractivity contribution in [2.24, 2.45) is 5.73 Å². The van der Waals surface area contributed by atoms with Crippen LogP contribution in [0.5, 0.6) is 0 Å². The fraction of sp³-hybridized carbons (Fsp3) is 0.417. The topological polar surface area (TPSA) is 64.3 Å². The first-order chi connectivity index (χ1) is 7.59. The summed E-state index contributed by atoms with van der Waals surface area (Å²) in [7, 11) is 0. The smallest absolute Gasteiger partial charge is 0.404 e. The second-order valence-electron chi connectivity index (χ2n) is 3.76. The third-order valence-corrected chi connectivity index (χ3v) is 2.42. The van der Waals surface area contributed by atoms with E-state index in [2.05, 4.69) is 42.1 Å². The molecular formula is C12H18N2O2.